The molecule has 1 aromatic carbocycles. The first kappa shape index (κ1) is 15.5. The Labute approximate surface area is 113 Å². The Morgan fingerprint density at radius 2 is 2.00 bits per heavy atom. The van der Waals surface area contributed by atoms with Gasteiger partial charge in [-0.25, -0.2) is 8.42 Å². The van der Waals surface area contributed by atoms with Gasteiger partial charge in [0.15, 0.2) is 15.6 Å². The number of benzene rings is 1. The molecular weight excluding hydrogens is 266 g/mol. The second kappa shape index (κ2) is 6.56. The number of methoxy groups -OCH3 is 1. The molecule has 106 valence electrons. The van der Waals surface area contributed by atoms with Crippen LogP contribution >= 0.6 is 0 Å². The van der Waals surface area contributed by atoms with Crippen LogP contribution in [-0.2, 0) is 9.84 Å². The predicted octanol–water partition coefficient (Wildman–Crippen LogP) is 1.68. The zero-order chi connectivity index (χ0) is 14.5. The maximum absolute atomic E-state index is 11.9. The standard InChI is InChI=1S/C13H19NO4S/c1-3-7-19(16,17)8-6-13(15)11-5-4-10(18-2)9-12(11)14/h4-5,9H,3,6-8,14H2,1-2H3. The van der Waals surface area contributed by atoms with Crippen LogP contribution in [0.1, 0.15) is 30.1 Å². The Morgan fingerprint density at radius 3 is 2.53 bits per heavy atom. The van der Waals surface area contributed by atoms with Crippen molar-refractivity contribution in [2.45, 2.75) is 19.8 Å². The first-order valence-electron chi connectivity index (χ1n) is 6.06. The van der Waals surface area contributed by atoms with Crippen molar-refractivity contribution in [3.63, 3.8) is 0 Å². The molecule has 0 aliphatic carbocycles. The maximum Gasteiger partial charge on any atom is 0.165 e. The van der Waals surface area contributed by atoms with E-state index >= 15 is 0 Å². The number of carbonyl (C=O) groups is 1. The van der Waals surface area contributed by atoms with Crippen LogP contribution in [0.15, 0.2) is 18.2 Å². The molecule has 0 unspecified atom stereocenters. The Hall–Kier alpha value is -1.56. The van der Waals surface area contributed by atoms with E-state index in [0.29, 0.717) is 23.4 Å². The number of nitrogen functional groups attached to an aromatic ring is 1. The van der Waals surface area contributed by atoms with Crippen LogP contribution in [0.4, 0.5) is 5.69 Å². The van der Waals surface area contributed by atoms with Crippen molar-refractivity contribution in [2.75, 3.05) is 24.3 Å². The molecule has 6 heteroatoms. The van der Waals surface area contributed by atoms with Gasteiger partial charge in [0, 0.05) is 29.5 Å². The van der Waals surface area contributed by atoms with Gasteiger partial charge in [0.1, 0.15) is 5.75 Å². The van der Waals surface area contributed by atoms with Crippen molar-refractivity contribution in [3.8, 4) is 5.75 Å². The van der Waals surface area contributed by atoms with Crippen LogP contribution in [0, 0.1) is 0 Å². The fourth-order valence-electron chi connectivity index (χ4n) is 1.72. The number of hydrogen-bond acceptors (Lipinski definition) is 5. The molecule has 0 spiro atoms. The first-order chi connectivity index (χ1) is 8.89. The van der Waals surface area contributed by atoms with E-state index in [4.69, 9.17) is 10.5 Å². The fourth-order valence-corrected chi connectivity index (χ4v) is 3.04. The summed E-state index contributed by atoms with van der Waals surface area (Å²) in [4.78, 5) is 11.9. The lowest BCUT2D eigenvalue weighted by Crippen LogP contribution is -2.15. The quantitative estimate of drug-likeness (QED) is 0.608. The van der Waals surface area contributed by atoms with Crippen LogP contribution in [0.3, 0.4) is 0 Å². The highest BCUT2D eigenvalue weighted by Gasteiger charge is 2.15. The summed E-state index contributed by atoms with van der Waals surface area (Å²) in [7, 11) is -1.64. The molecule has 1 rings (SSSR count). The van der Waals surface area contributed by atoms with E-state index in [1.807, 2.05) is 0 Å². The van der Waals surface area contributed by atoms with Gasteiger partial charge in [-0.2, -0.15) is 0 Å². The number of carbonyl (C=O) groups excluding carboxylic acids is 1. The minimum Gasteiger partial charge on any atom is -0.497 e. The van der Waals surface area contributed by atoms with Crippen molar-refractivity contribution in [2.24, 2.45) is 0 Å². The summed E-state index contributed by atoms with van der Waals surface area (Å²) >= 11 is 0. The predicted molar refractivity (Wildman–Crippen MR) is 75.3 cm³/mol. The number of nitrogens with two attached hydrogens (primary N) is 1. The Bertz CT molecular complexity index is 552. The minimum absolute atomic E-state index is 0.0428. The topological polar surface area (TPSA) is 86.5 Å². The fraction of sp³-hybridized carbons (Fsp3) is 0.462. The molecule has 0 saturated carbocycles. The second-order valence-electron chi connectivity index (χ2n) is 4.28. The van der Waals surface area contributed by atoms with Crippen molar-refractivity contribution < 1.29 is 17.9 Å². The highest BCUT2D eigenvalue weighted by Crippen LogP contribution is 2.21. The third-order valence-corrected chi connectivity index (χ3v) is 4.57. The van der Waals surface area contributed by atoms with E-state index in [1.54, 1.807) is 25.1 Å². The molecule has 5 nitrogen and oxygen atoms in total. The highest BCUT2D eigenvalue weighted by molar-refractivity contribution is 7.91. The molecule has 1 aromatic rings. The lowest BCUT2D eigenvalue weighted by molar-refractivity contribution is 0.0989. The van der Waals surface area contributed by atoms with Crippen molar-refractivity contribution in [1.82, 2.24) is 0 Å². The summed E-state index contributed by atoms with van der Waals surface area (Å²) in [5.74, 6) is 0.274. The average Bonchev–Trinajstić information content (AvgIpc) is 2.36. The summed E-state index contributed by atoms with van der Waals surface area (Å²) in [6, 6.07) is 4.74. The van der Waals surface area contributed by atoms with E-state index in [0.717, 1.165) is 0 Å². The van der Waals surface area contributed by atoms with Crippen LogP contribution in [0.25, 0.3) is 0 Å². The monoisotopic (exact) mass is 285 g/mol. The largest absolute Gasteiger partial charge is 0.497 e. The van der Waals surface area contributed by atoms with Gasteiger partial charge in [0.2, 0.25) is 0 Å². The maximum atomic E-state index is 11.9. The lowest BCUT2D eigenvalue weighted by atomic mass is 10.1. The molecule has 0 atom stereocenters. The van der Waals surface area contributed by atoms with Crippen LogP contribution in [0.2, 0.25) is 0 Å². The number of ketones is 1. The molecule has 0 aliphatic rings. The molecule has 19 heavy (non-hydrogen) atoms. The Kier molecular flexibility index (Phi) is 5.35. The van der Waals surface area contributed by atoms with E-state index in [1.165, 1.54) is 7.11 Å². The third kappa shape index (κ3) is 4.55. The Balaban J connectivity index is 2.74. The molecule has 0 amide bonds. The van der Waals surface area contributed by atoms with Gasteiger partial charge in [-0.1, -0.05) is 6.92 Å². The van der Waals surface area contributed by atoms with Crippen LogP contribution in [0.5, 0.6) is 5.75 Å². The summed E-state index contributed by atoms with van der Waals surface area (Å²) in [6.45, 7) is 1.79. The molecule has 2 N–H and O–H groups in total. The van der Waals surface area contributed by atoms with Crippen molar-refractivity contribution in [3.05, 3.63) is 23.8 Å². The number of hydrogen-bond donors (Lipinski definition) is 1. The number of sulfone groups is 1. The molecule has 0 radical (unpaired) electrons. The molecule has 0 fully saturated rings. The Morgan fingerprint density at radius 1 is 1.32 bits per heavy atom. The zero-order valence-electron chi connectivity index (χ0n) is 11.2. The van der Waals surface area contributed by atoms with Crippen molar-refractivity contribution in [1.29, 1.82) is 0 Å². The second-order valence-corrected chi connectivity index (χ2v) is 6.58. The summed E-state index contributed by atoms with van der Waals surface area (Å²) < 4.78 is 28.1. The summed E-state index contributed by atoms with van der Waals surface area (Å²) in [5.41, 5.74) is 6.39. The molecule has 0 saturated heterocycles. The smallest absolute Gasteiger partial charge is 0.165 e. The number of rotatable bonds is 7. The summed E-state index contributed by atoms with van der Waals surface area (Å²) in [5, 5.41) is 0. The summed E-state index contributed by atoms with van der Waals surface area (Å²) in [6.07, 6.45) is 0.514. The van der Waals surface area contributed by atoms with Gasteiger partial charge < -0.3 is 10.5 Å². The van der Waals surface area contributed by atoms with Gasteiger partial charge in [-0.15, -0.1) is 0 Å². The van der Waals surface area contributed by atoms with Gasteiger partial charge in [-0.3, -0.25) is 4.79 Å². The third-order valence-electron chi connectivity index (χ3n) is 2.71. The van der Waals surface area contributed by atoms with Crippen LogP contribution in [-0.4, -0.2) is 32.8 Å². The number of ether oxygens (including phenoxy) is 1. The highest BCUT2D eigenvalue weighted by atomic mass is 32.2. The molecule has 0 bridgehead atoms. The molecule has 0 aromatic heterocycles. The van der Waals surface area contributed by atoms with E-state index < -0.39 is 9.84 Å². The number of anilines is 1. The van der Waals surface area contributed by atoms with Crippen LogP contribution < -0.4 is 10.5 Å². The SMILES string of the molecule is CCCS(=O)(=O)CCC(=O)c1ccc(OC)cc1N. The minimum atomic E-state index is -3.15. The molecule has 0 heterocycles. The number of Topliss-reactive ketones (excluding diaryl/α,β-unsaturated/α-hetero) is 1. The van der Waals surface area contributed by atoms with E-state index in [9.17, 15) is 13.2 Å². The van der Waals surface area contributed by atoms with E-state index in [-0.39, 0.29) is 23.7 Å². The normalized spacial score (nSPS) is 11.3. The van der Waals surface area contributed by atoms with Crippen molar-refractivity contribution >= 4 is 21.3 Å². The first-order valence-corrected chi connectivity index (χ1v) is 7.89. The van der Waals surface area contributed by atoms with Gasteiger partial charge in [-0.05, 0) is 18.6 Å². The van der Waals surface area contributed by atoms with Gasteiger partial charge in [0.05, 0.1) is 12.9 Å². The van der Waals surface area contributed by atoms with Gasteiger partial charge >= 0.3 is 0 Å². The zero-order valence-corrected chi connectivity index (χ0v) is 12.0. The lowest BCUT2D eigenvalue weighted by Gasteiger charge is -2.07. The molecular formula is C13H19NO4S. The van der Waals surface area contributed by atoms with Gasteiger partial charge in [0.25, 0.3) is 0 Å². The molecule has 0 aliphatic heterocycles. The average molecular weight is 285 g/mol. The van der Waals surface area contributed by atoms with E-state index in [2.05, 4.69) is 0 Å².